The summed E-state index contributed by atoms with van der Waals surface area (Å²) in [4.78, 5) is 6.61. The molecule has 1 saturated heterocycles. The van der Waals surface area contributed by atoms with Crippen LogP contribution in [-0.2, 0) is 6.54 Å². The molecule has 1 aromatic rings. The maximum atomic E-state index is 5.99. The lowest BCUT2D eigenvalue weighted by Gasteiger charge is -2.27. The Balaban J connectivity index is 0.00000162. The van der Waals surface area contributed by atoms with Crippen molar-refractivity contribution in [2.45, 2.75) is 6.54 Å². The van der Waals surface area contributed by atoms with Crippen molar-refractivity contribution in [3.63, 3.8) is 0 Å². The summed E-state index contributed by atoms with van der Waals surface area (Å²) in [5.74, 6) is 2.96. The van der Waals surface area contributed by atoms with Gasteiger partial charge in [-0.15, -0.1) is 24.0 Å². The zero-order valence-corrected chi connectivity index (χ0v) is 14.7. The highest BCUT2D eigenvalue weighted by molar-refractivity contribution is 14.0. The molecule has 0 bridgehead atoms. The SMILES string of the molecule is I.NC(=NCc1cccc(Br)c1)N1CCSCC1. The summed E-state index contributed by atoms with van der Waals surface area (Å²) in [6.45, 7) is 2.67. The van der Waals surface area contributed by atoms with Gasteiger partial charge in [-0.25, -0.2) is 4.99 Å². The molecule has 0 spiro atoms. The van der Waals surface area contributed by atoms with Gasteiger partial charge in [-0.2, -0.15) is 11.8 Å². The number of hydrogen-bond donors (Lipinski definition) is 1. The van der Waals surface area contributed by atoms with Crippen LogP contribution in [0.2, 0.25) is 0 Å². The van der Waals surface area contributed by atoms with Crippen LogP contribution in [0.15, 0.2) is 33.7 Å². The monoisotopic (exact) mass is 441 g/mol. The van der Waals surface area contributed by atoms with Crippen molar-refractivity contribution in [3.8, 4) is 0 Å². The molecule has 18 heavy (non-hydrogen) atoms. The second-order valence-electron chi connectivity index (χ2n) is 3.90. The van der Waals surface area contributed by atoms with Crippen LogP contribution in [-0.4, -0.2) is 35.5 Å². The number of guanidine groups is 1. The summed E-state index contributed by atoms with van der Waals surface area (Å²) in [6.07, 6.45) is 0. The summed E-state index contributed by atoms with van der Waals surface area (Å²) >= 11 is 5.43. The van der Waals surface area contributed by atoms with Crippen LogP contribution >= 0.6 is 51.7 Å². The van der Waals surface area contributed by atoms with Crippen LogP contribution in [0.25, 0.3) is 0 Å². The van der Waals surface area contributed by atoms with E-state index in [1.54, 1.807) is 0 Å². The van der Waals surface area contributed by atoms with Gasteiger partial charge in [-0.1, -0.05) is 28.1 Å². The zero-order valence-electron chi connectivity index (χ0n) is 10.0. The van der Waals surface area contributed by atoms with Gasteiger partial charge in [0.1, 0.15) is 0 Å². The van der Waals surface area contributed by atoms with Crippen LogP contribution in [0, 0.1) is 0 Å². The van der Waals surface area contributed by atoms with Crippen molar-refractivity contribution in [1.29, 1.82) is 0 Å². The Kier molecular flexibility index (Phi) is 7.40. The van der Waals surface area contributed by atoms with E-state index in [-0.39, 0.29) is 24.0 Å². The number of nitrogens with zero attached hydrogens (tertiary/aromatic N) is 2. The molecule has 1 aliphatic heterocycles. The number of halogens is 2. The van der Waals surface area contributed by atoms with E-state index >= 15 is 0 Å². The number of benzene rings is 1. The average molecular weight is 442 g/mol. The first kappa shape index (κ1) is 16.1. The largest absolute Gasteiger partial charge is 0.370 e. The third-order valence-corrected chi connectivity index (χ3v) is 4.08. The van der Waals surface area contributed by atoms with E-state index in [0.29, 0.717) is 12.5 Å². The van der Waals surface area contributed by atoms with Gasteiger partial charge in [-0.05, 0) is 17.7 Å². The minimum absolute atomic E-state index is 0. The summed E-state index contributed by atoms with van der Waals surface area (Å²) in [5, 5.41) is 0. The summed E-state index contributed by atoms with van der Waals surface area (Å²) in [5.41, 5.74) is 7.16. The van der Waals surface area contributed by atoms with Crippen LogP contribution < -0.4 is 5.73 Å². The molecule has 2 rings (SSSR count). The van der Waals surface area contributed by atoms with E-state index in [1.807, 2.05) is 23.9 Å². The van der Waals surface area contributed by atoms with Gasteiger partial charge in [0.15, 0.2) is 5.96 Å². The third-order valence-electron chi connectivity index (χ3n) is 2.65. The maximum absolute atomic E-state index is 5.99. The summed E-state index contributed by atoms with van der Waals surface area (Å²) in [7, 11) is 0. The second kappa shape index (κ2) is 8.27. The molecule has 0 amide bonds. The molecule has 6 heteroatoms. The first-order valence-electron chi connectivity index (χ1n) is 5.63. The molecule has 100 valence electrons. The molecule has 2 N–H and O–H groups in total. The van der Waals surface area contributed by atoms with Crippen LogP contribution in [0.4, 0.5) is 0 Å². The van der Waals surface area contributed by atoms with Gasteiger partial charge < -0.3 is 10.6 Å². The highest BCUT2D eigenvalue weighted by atomic mass is 127. The number of thioether (sulfide) groups is 1. The maximum Gasteiger partial charge on any atom is 0.191 e. The Bertz CT molecular complexity index is 408. The number of nitrogens with two attached hydrogens (primary N) is 1. The minimum Gasteiger partial charge on any atom is -0.370 e. The molecule has 3 nitrogen and oxygen atoms in total. The third kappa shape index (κ3) is 4.97. The Hall–Kier alpha value is 0.0500. The highest BCUT2D eigenvalue weighted by Crippen LogP contribution is 2.13. The Morgan fingerprint density at radius 3 is 2.78 bits per heavy atom. The molecular weight excluding hydrogens is 425 g/mol. The predicted octanol–water partition coefficient (Wildman–Crippen LogP) is 2.93. The van der Waals surface area contributed by atoms with Crippen molar-refractivity contribution in [1.82, 2.24) is 4.90 Å². The summed E-state index contributed by atoms with van der Waals surface area (Å²) in [6, 6.07) is 8.16. The molecule has 0 aliphatic carbocycles. The highest BCUT2D eigenvalue weighted by Gasteiger charge is 2.11. The van der Waals surface area contributed by atoms with Crippen LogP contribution in [0.5, 0.6) is 0 Å². The van der Waals surface area contributed by atoms with Crippen molar-refractivity contribution in [3.05, 3.63) is 34.3 Å². The number of hydrogen-bond acceptors (Lipinski definition) is 2. The summed E-state index contributed by atoms with van der Waals surface area (Å²) < 4.78 is 1.08. The molecule has 0 aromatic heterocycles. The molecular formula is C12H17BrIN3S. The van der Waals surface area contributed by atoms with E-state index in [9.17, 15) is 0 Å². The lowest BCUT2D eigenvalue weighted by molar-refractivity contribution is 0.455. The quantitative estimate of drug-likeness (QED) is 0.435. The van der Waals surface area contributed by atoms with Gasteiger partial charge in [-0.3, -0.25) is 0 Å². The van der Waals surface area contributed by atoms with Crippen molar-refractivity contribution >= 4 is 57.6 Å². The van der Waals surface area contributed by atoms with Crippen LogP contribution in [0.1, 0.15) is 5.56 Å². The van der Waals surface area contributed by atoms with Crippen LogP contribution in [0.3, 0.4) is 0 Å². The fourth-order valence-corrected chi connectivity index (χ4v) is 3.05. The smallest absolute Gasteiger partial charge is 0.191 e. The van der Waals surface area contributed by atoms with Crippen molar-refractivity contribution < 1.29 is 0 Å². The topological polar surface area (TPSA) is 41.6 Å². The molecule has 1 aromatic carbocycles. The first-order valence-corrected chi connectivity index (χ1v) is 7.57. The normalized spacial score (nSPS) is 16.3. The van der Waals surface area contributed by atoms with Gasteiger partial charge in [0.05, 0.1) is 6.54 Å². The zero-order chi connectivity index (χ0) is 12.1. The van der Waals surface area contributed by atoms with E-state index in [4.69, 9.17) is 5.73 Å². The lowest BCUT2D eigenvalue weighted by atomic mass is 10.2. The molecule has 0 saturated carbocycles. The van der Waals surface area contributed by atoms with E-state index in [0.717, 1.165) is 29.1 Å². The molecule has 0 unspecified atom stereocenters. The Morgan fingerprint density at radius 1 is 1.39 bits per heavy atom. The molecule has 0 atom stereocenters. The number of rotatable bonds is 2. The molecule has 0 radical (unpaired) electrons. The van der Waals surface area contributed by atoms with E-state index in [2.05, 4.69) is 38.0 Å². The standard InChI is InChI=1S/C12H16BrN3S.HI/c13-11-3-1-2-10(8-11)9-15-12(14)16-4-6-17-7-5-16;/h1-3,8H,4-7,9H2,(H2,14,15);1H. The van der Waals surface area contributed by atoms with Gasteiger partial charge >= 0.3 is 0 Å². The minimum atomic E-state index is 0. The Morgan fingerprint density at radius 2 is 2.11 bits per heavy atom. The fourth-order valence-electron chi connectivity index (χ4n) is 1.70. The Labute approximate surface area is 138 Å². The van der Waals surface area contributed by atoms with E-state index in [1.165, 1.54) is 5.56 Å². The van der Waals surface area contributed by atoms with Crippen molar-refractivity contribution in [2.24, 2.45) is 10.7 Å². The average Bonchev–Trinajstić information content (AvgIpc) is 2.37. The first-order chi connectivity index (χ1) is 8.25. The predicted molar refractivity (Wildman–Crippen MR) is 93.8 cm³/mol. The lowest BCUT2D eigenvalue weighted by Crippen LogP contribution is -2.42. The van der Waals surface area contributed by atoms with Gasteiger partial charge in [0, 0.05) is 29.1 Å². The molecule has 1 fully saturated rings. The fraction of sp³-hybridized carbons (Fsp3) is 0.417. The van der Waals surface area contributed by atoms with E-state index < -0.39 is 0 Å². The van der Waals surface area contributed by atoms with Crippen molar-refractivity contribution in [2.75, 3.05) is 24.6 Å². The van der Waals surface area contributed by atoms with Gasteiger partial charge in [0.25, 0.3) is 0 Å². The number of aliphatic imine (C=N–C) groups is 1. The van der Waals surface area contributed by atoms with Gasteiger partial charge in [0.2, 0.25) is 0 Å². The second-order valence-corrected chi connectivity index (χ2v) is 6.04. The molecule has 1 aliphatic rings. The molecule has 1 heterocycles.